The Morgan fingerprint density at radius 1 is 1.12 bits per heavy atom. The van der Waals surface area contributed by atoms with E-state index in [1.54, 1.807) is 7.11 Å². The molecule has 0 unspecified atom stereocenters. The van der Waals surface area contributed by atoms with Gasteiger partial charge in [-0.05, 0) is 132 Å². The summed E-state index contributed by atoms with van der Waals surface area (Å²) >= 11 is 0. The van der Waals surface area contributed by atoms with Crippen LogP contribution in [0, 0.1) is 17.3 Å². The van der Waals surface area contributed by atoms with E-state index >= 15 is 0 Å². The Balaban J connectivity index is 1.31. The molecule has 5 heterocycles. The first-order chi connectivity index (χ1) is 26.9. The lowest BCUT2D eigenvalue weighted by atomic mass is 9.83. The van der Waals surface area contributed by atoms with Gasteiger partial charge in [-0.15, -0.1) is 0 Å². The van der Waals surface area contributed by atoms with Crippen LogP contribution in [0.4, 0.5) is 0 Å². The van der Waals surface area contributed by atoms with Crippen LogP contribution in [0.25, 0.3) is 22.2 Å². The number of methoxy groups -OCH3 is 1. The average Bonchev–Trinajstić information content (AvgIpc) is 3.87. The Bertz CT molecular complexity index is 1960. The third kappa shape index (κ3) is 8.60. The highest BCUT2D eigenvalue weighted by molar-refractivity contribution is 5.93. The number of hydrazine groups is 1. The number of pyridine rings is 1. The van der Waals surface area contributed by atoms with Crippen molar-refractivity contribution in [1.29, 1.82) is 0 Å². The van der Waals surface area contributed by atoms with Crippen molar-refractivity contribution in [3.05, 3.63) is 65.0 Å². The number of hydrogen-bond acceptors (Lipinski definition) is 8. The predicted molar refractivity (Wildman–Crippen MR) is 219 cm³/mol. The Morgan fingerprint density at radius 2 is 1.89 bits per heavy atom. The number of carbonyl (C=O) groups is 3. The molecule has 4 bridgehead atoms. The molecule has 1 aromatic carbocycles. The van der Waals surface area contributed by atoms with Crippen LogP contribution in [-0.4, -0.2) is 89.7 Å². The number of esters is 1. The highest BCUT2D eigenvalue weighted by Gasteiger charge is 2.41. The number of hydrogen-bond donors (Lipinski definition) is 2. The van der Waals surface area contributed by atoms with Gasteiger partial charge in [-0.25, -0.2) is 5.43 Å². The fraction of sp³-hybridized carbons (Fsp3) is 0.600. The molecule has 7 rings (SSSR count). The molecule has 2 N–H and O–H groups in total. The van der Waals surface area contributed by atoms with Gasteiger partial charge in [0.25, 0.3) is 5.91 Å². The van der Waals surface area contributed by atoms with Gasteiger partial charge in [-0.1, -0.05) is 39.0 Å². The van der Waals surface area contributed by atoms with Crippen LogP contribution in [0.1, 0.15) is 108 Å². The van der Waals surface area contributed by atoms with E-state index in [1.807, 2.05) is 6.08 Å². The predicted octanol–water partition coefficient (Wildman–Crippen LogP) is 6.49. The quantitative estimate of drug-likeness (QED) is 0.207. The van der Waals surface area contributed by atoms with E-state index in [1.165, 1.54) is 21.5 Å². The van der Waals surface area contributed by atoms with E-state index in [0.29, 0.717) is 50.5 Å². The van der Waals surface area contributed by atoms with Crippen LogP contribution in [0.15, 0.2) is 42.6 Å². The molecule has 0 spiro atoms. The first-order valence-corrected chi connectivity index (χ1v) is 20.9. The lowest BCUT2D eigenvalue weighted by molar-refractivity contribution is -0.155. The van der Waals surface area contributed by atoms with Gasteiger partial charge in [-0.2, -0.15) is 0 Å². The van der Waals surface area contributed by atoms with E-state index in [-0.39, 0.29) is 36.4 Å². The monoisotopic (exact) mass is 766 g/mol. The molecule has 5 atom stereocenters. The van der Waals surface area contributed by atoms with Crippen LogP contribution in [0.3, 0.4) is 0 Å². The zero-order valence-electron chi connectivity index (χ0n) is 34.5. The molecule has 3 fully saturated rings. The maximum Gasteiger partial charge on any atom is 0.324 e. The summed E-state index contributed by atoms with van der Waals surface area (Å²) in [5, 5.41) is 5.74. The fourth-order valence-corrected chi connectivity index (χ4v) is 8.93. The first-order valence-electron chi connectivity index (χ1n) is 20.9. The van der Waals surface area contributed by atoms with E-state index < -0.39 is 17.5 Å². The Kier molecular flexibility index (Phi) is 12.1. The van der Waals surface area contributed by atoms with E-state index in [9.17, 15) is 14.4 Å². The third-order valence-electron chi connectivity index (χ3n) is 12.6. The number of benzene rings is 1. The van der Waals surface area contributed by atoms with Gasteiger partial charge in [0.2, 0.25) is 5.91 Å². The minimum absolute atomic E-state index is 0.0530. The van der Waals surface area contributed by atoms with Crippen LogP contribution in [0.5, 0.6) is 0 Å². The number of carbonyl (C=O) groups excluding carboxylic acids is 3. The summed E-state index contributed by atoms with van der Waals surface area (Å²) in [5.41, 5.74) is 10.7. The van der Waals surface area contributed by atoms with Gasteiger partial charge in [0, 0.05) is 54.2 Å². The van der Waals surface area contributed by atoms with Crippen molar-refractivity contribution in [3.8, 4) is 11.3 Å². The molecule has 56 heavy (non-hydrogen) atoms. The number of piperidine rings is 1. The largest absolute Gasteiger partial charge is 0.464 e. The lowest BCUT2D eigenvalue weighted by Crippen LogP contribution is -2.60. The maximum absolute atomic E-state index is 13.9. The number of allylic oxidation sites excluding steroid dienone is 1. The number of likely N-dealkylation sites (tertiary alicyclic amines) is 1. The number of ether oxygens (including phenoxy) is 2. The van der Waals surface area contributed by atoms with Crippen molar-refractivity contribution < 1.29 is 23.9 Å². The molecular weight excluding hydrogens is 705 g/mol. The summed E-state index contributed by atoms with van der Waals surface area (Å²) < 4.78 is 14.5. The topological polar surface area (TPSA) is 118 Å². The zero-order chi connectivity index (χ0) is 39.7. The van der Waals surface area contributed by atoms with Gasteiger partial charge in [0.1, 0.15) is 12.1 Å². The van der Waals surface area contributed by atoms with Gasteiger partial charge >= 0.3 is 5.97 Å². The molecule has 3 aliphatic heterocycles. The smallest absolute Gasteiger partial charge is 0.324 e. The second-order valence-corrected chi connectivity index (χ2v) is 17.6. The van der Waals surface area contributed by atoms with Crippen molar-refractivity contribution in [2.45, 2.75) is 117 Å². The van der Waals surface area contributed by atoms with E-state index in [2.05, 4.69) is 98.4 Å². The molecule has 302 valence electrons. The molecule has 2 aromatic heterocycles. The third-order valence-corrected chi connectivity index (χ3v) is 12.6. The molecule has 1 aliphatic carbocycles. The molecular formula is C45H62N6O5. The molecule has 3 aromatic rings. The van der Waals surface area contributed by atoms with E-state index in [0.717, 1.165) is 66.9 Å². The summed E-state index contributed by atoms with van der Waals surface area (Å²) in [5.74, 6) is 0.0421. The van der Waals surface area contributed by atoms with Crippen molar-refractivity contribution in [2.75, 3.05) is 40.4 Å². The van der Waals surface area contributed by atoms with Gasteiger partial charge in [0.05, 0.1) is 24.1 Å². The van der Waals surface area contributed by atoms with E-state index in [4.69, 9.17) is 14.5 Å². The molecule has 0 radical (unpaired) electrons. The second kappa shape index (κ2) is 16.8. The van der Waals surface area contributed by atoms with Gasteiger partial charge < -0.3 is 24.3 Å². The number of nitrogens with one attached hydrogen (secondary N) is 2. The summed E-state index contributed by atoms with van der Waals surface area (Å²) in [6, 6.07) is 7.74. The molecule has 1 saturated carbocycles. The standard InChI is InChI=1S/C45H62N6O5/c1-8-50-39-16-15-30-12-9-10-13-37(47-42(52)33-22-28(33)2)43(53)51-19-11-14-38(48-51)44(54)56-27-45(4,5)25-36(34(39)23-30)41(50)35-24-32(26-46-40(35)29(3)55-7)31-17-20-49(6)21-18-31/h9-10,15-16,23-24,26,28-29,31,33,37-38,48H,8,11-14,17-22,25,27H2,1-7H3,(H,47,52)/b10-9-/t28-,29-,33-,37-,38-/m0/s1. The summed E-state index contributed by atoms with van der Waals surface area (Å²) in [4.78, 5) is 48.2. The summed E-state index contributed by atoms with van der Waals surface area (Å²) in [7, 11) is 3.94. The SMILES string of the molecule is CCn1c(-c2cc(C3CCN(C)CC3)cnc2[C@H](C)OC)c2c3cc(ccc31)C/C=C\C[C@H](NC(=O)[C@H]1C[C@@H]1C)C(=O)N1CCC[C@H](N1)C(=O)OCC(C)(C)C2. The normalized spacial score (nSPS) is 26.4. The van der Waals surface area contributed by atoms with Crippen molar-refractivity contribution in [1.82, 2.24) is 30.2 Å². The summed E-state index contributed by atoms with van der Waals surface area (Å²) in [6.45, 7) is 14.2. The molecule has 2 saturated heterocycles. The lowest BCUT2D eigenvalue weighted by Gasteiger charge is -2.35. The number of rotatable bonds is 7. The first kappa shape index (κ1) is 40.1. The maximum atomic E-state index is 13.9. The number of aromatic nitrogens is 2. The Morgan fingerprint density at radius 3 is 2.61 bits per heavy atom. The number of cyclic esters (lactones) is 1. The molecule has 4 aliphatic rings. The highest BCUT2D eigenvalue weighted by Crippen LogP contribution is 2.43. The molecule has 11 nitrogen and oxygen atoms in total. The Hall–Kier alpha value is -4.06. The minimum Gasteiger partial charge on any atom is -0.464 e. The Labute approximate surface area is 332 Å². The fourth-order valence-electron chi connectivity index (χ4n) is 8.93. The van der Waals surface area contributed by atoms with Crippen molar-refractivity contribution in [2.24, 2.45) is 17.3 Å². The number of fused-ring (bicyclic) bond motifs is 3. The number of nitrogens with zero attached hydrogens (tertiary/aromatic N) is 4. The average molecular weight is 767 g/mol. The minimum atomic E-state index is -0.732. The van der Waals surface area contributed by atoms with Crippen LogP contribution < -0.4 is 10.7 Å². The molecule has 11 heteroatoms. The van der Waals surface area contributed by atoms with Crippen LogP contribution in [-0.2, 0) is 43.2 Å². The highest BCUT2D eigenvalue weighted by atomic mass is 16.5. The van der Waals surface area contributed by atoms with Crippen LogP contribution >= 0.6 is 0 Å². The van der Waals surface area contributed by atoms with Gasteiger partial charge in [-0.3, -0.25) is 24.4 Å². The van der Waals surface area contributed by atoms with Crippen LogP contribution in [0.2, 0.25) is 0 Å². The number of amides is 2. The van der Waals surface area contributed by atoms with Crippen molar-refractivity contribution in [3.63, 3.8) is 0 Å². The van der Waals surface area contributed by atoms with Gasteiger partial charge in [0.15, 0.2) is 0 Å². The van der Waals surface area contributed by atoms with Crippen molar-refractivity contribution >= 4 is 28.7 Å². The number of aryl methyl sites for hydroxylation is 1. The zero-order valence-corrected chi connectivity index (χ0v) is 34.5. The molecule has 2 amide bonds. The summed E-state index contributed by atoms with van der Waals surface area (Å²) in [6.07, 6.45) is 12.0. The second-order valence-electron chi connectivity index (χ2n) is 17.6.